The van der Waals surface area contributed by atoms with Crippen LogP contribution < -0.4 is 5.32 Å². The Morgan fingerprint density at radius 2 is 1.96 bits per heavy atom. The van der Waals surface area contributed by atoms with Gasteiger partial charge in [-0.3, -0.25) is 4.79 Å². The van der Waals surface area contributed by atoms with E-state index in [0.717, 1.165) is 18.2 Å². The lowest BCUT2D eigenvalue weighted by Crippen LogP contribution is -2.57. The number of nitrogens with one attached hydrogen (secondary N) is 1. The Morgan fingerprint density at radius 1 is 1.26 bits per heavy atom. The summed E-state index contributed by atoms with van der Waals surface area (Å²) in [6.07, 6.45) is 0.776. The first-order valence-electron chi connectivity index (χ1n) is 7.51. The van der Waals surface area contributed by atoms with Crippen molar-refractivity contribution in [3.8, 4) is 0 Å². The largest absolute Gasteiger partial charge is 0.480 e. The molecule has 2 unspecified atom stereocenters. The van der Waals surface area contributed by atoms with Crippen molar-refractivity contribution in [2.24, 2.45) is 5.92 Å². The molecule has 0 radical (unpaired) electrons. The second-order valence-electron chi connectivity index (χ2n) is 6.10. The number of amides is 1. The third-order valence-electron chi connectivity index (χ3n) is 4.60. The number of halogens is 2. The standard InChI is InChI=1S/C16H17F2NO4/c17-9-1-2-13(18)11(7-9)10-8-12(10)14(20)19-16(15(21)22)3-5-23-6-4-16/h1-2,7,10,12H,3-6,8H2,(H,19,20)(H,21,22). The Morgan fingerprint density at radius 3 is 2.61 bits per heavy atom. The second-order valence-corrected chi connectivity index (χ2v) is 6.10. The zero-order valence-corrected chi connectivity index (χ0v) is 12.4. The highest BCUT2D eigenvalue weighted by molar-refractivity contribution is 5.90. The normalized spacial score (nSPS) is 25.7. The van der Waals surface area contributed by atoms with Crippen LogP contribution in [0.15, 0.2) is 18.2 Å². The van der Waals surface area contributed by atoms with Gasteiger partial charge in [-0.05, 0) is 36.1 Å². The summed E-state index contributed by atoms with van der Waals surface area (Å²) < 4.78 is 32.1. The highest BCUT2D eigenvalue weighted by Crippen LogP contribution is 2.48. The third-order valence-corrected chi connectivity index (χ3v) is 4.60. The maximum absolute atomic E-state index is 13.8. The van der Waals surface area contributed by atoms with Crippen molar-refractivity contribution in [1.82, 2.24) is 5.32 Å². The molecule has 1 aromatic carbocycles. The van der Waals surface area contributed by atoms with E-state index in [0.29, 0.717) is 6.42 Å². The zero-order valence-electron chi connectivity index (χ0n) is 12.4. The first-order valence-corrected chi connectivity index (χ1v) is 7.51. The molecule has 3 rings (SSSR count). The predicted octanol–water partition coefficient (Wildman–Crippen LogP) is 1.82. The molecule has 2 N–H and O–H groups in total. The lowest BCUT2D eigenvalue weighted by molar-refractivity contribution is -0.152. The quantitative estimate of drug-likeness (QED) is 0.885. The summed E-state index contributed by atoms with van der Waals surface area (Å²) in [5, 5.41) is 12.0. The maximum Gasteiger partial charge on any atom is 0.329 e. The van der Waals surface area contributed by atoms with Crippen molar-refractivity contribution < 1.29 is 28.2 Å². The highest BCUT2D eigenvalue weighted by atomic mass is 19.1. The summed E-state index contributed by atoms with van der Waals surface area (Å²) >= 11 is 0. The number of hydrogen-bond donors (Lipinski definition) is 2. The van der Waals surface area contributed by atoms with E-state index in [1.807, 2.05) is 0 Å². The molecule has 0 bridgehead atoms. The molecule has 1 saturated heterocycles. The third kappa shape index (κ3) is 3.06. The molecule has 2 aliphatic rings. The molecule has 0 spiro atoms. The van der Waals surface area contributed by atoms with Crippen LogP contribution >= 0.6 is 0 Å². The molecular formula is C16H17F2NO4. The monoisotopic (exact) mass is 325 g/mol. The van der Waals surface area contributed by atoms with Gasteiger partial charge in [0.25, 0.3) is 0 Å². The van der Waals surface area contributed by atoms with Crippen molar-refractivity contribution >= 4 is 11.9 Å². The topological polar surface area (TPSA) is 75.6 Å². The number of carbonyl (C=O) groups excluding carboxylic acids is 1. The van der Waals surface area contributed by atoms with E-state index in [4.69, 9.17) is 4.74 Å². The van der Waals surface area contributed by atoms with Crippen molar-refractivity contribution in [3.63, 3.8) is 0 Å². The number of hydrogen-bond acceptors (Lipinski definition) is 3. The number of aliphatic carboxylic acids is 1. The molecule has 2 atom stereocenters. The van der Waals surface area contributed by atoms with E-state index < -0.39 is 40.9 Å². The van der Waals surface area contributed by atoms with E-state index in [1.165, 1.54) is 0 Å². The Balaban J connectivity index is 1.70. The minimum atomic E-state index is -1.33. The van der Waals surface area contributed by atoms with Crippen molar-refractivity contribution in [3.05, 3.63) is 35.4 Å². The van der Waals surface area contributed by atoms with Gasteiger partial charge in [0.15, 0.2) is 0 Å². The molecule has 1 amide bonds. The summed E-state index contributed by atoms with van der Waals surface area (Å²) in [6, 6.07) is 3.15. The van der Waals surface area contributed by atoms with Crippen LogP contribution in [0.4, 0.5) is 8.78 Å². The van der Waals surface area contributed by atoms with Gasteiger partial charge < -0.3 is 15.2 Å². The van der Waals surface area contributed by atoms with Crippen molar-refractivity contribution in [2.75, 3.05) is 13.2 Å². The number of ether oxygens (including phenoxy) is 1. The number of rotatable bonds is 4. The van der Waals surface area contributed by atoms with Crippen LogP contribution in [-0.4, -0.2) is 35.7 Å². The Labute approximate surface area is 131 Å². The Bertz CT molecular complexity index is 643. The number of carboxylic acid groups (broad SMARTS) is 1. The molecule has 1 aliphatic heterocycles. The number of carboxylic acids is 1. The molecule has 1 heterocycles. The molecule has 2 fully saturated rings. The van der Waals surface area contributed by atoms with Gasteiger partial charge in [0.1, 0.15) is 17.2 Å². The minimum Gasteiger partial charge on any atom is -0.480 e. The fourth-order valence-electron chi connectivity index (χ4n) is 3.07. The van der Waals surface area contributed by atoms with Crippen molar-refractivity contribution in [2.45, 2.75) is 30.7 Å². The molecule has 1 aliphatic carbocycles. The molecular weight excluding hydrogens is 308 g/mol. The minimum absolute atomic E-state index is 0.168. The van der Waals surface area contributed by atoms with Gasteiger partial charge in [0.05, 0.1) is 0 Å². The summed E-state index contributed by atoms with van der Waals surface area (Å²) in [7, 11) is 0. The second kappa shape index (κ2) is 5.88. The van der Waals surface area contributed by atoms with E-state index >= 15 is 0 Å². The summed E-state index contributed by atoms with van der Waals surface area (Å²) in [5.74, 6) is -3.56. The molecule has 5 nitrogen and oxygen atoms in total. The molecule has 0 aromatic heterocycles. The Kier molecular flexibility index (Phi) is 4.06. The lowest BCUT2D eigenvalue weighted by atomic mass is 9.89. The van der Waals surface area contributed by atoms with Gasteiger partial charge >= 0.3 is 5.97 Å². The van der Waals surface area contributed by atoms with Gasteiger partial charge in [0, 0.05) is 32.0 Å². The highest BCUT2D eigenvalue weighted by Gasteiger charge is 2.49. The SMILES string of the molecule is O=C(NC1(C(=O)O)CCOCC1)C1CC1c1cc(F)ccc1F. The average Bonchev–Trinajstić information content (AvgIpc) is 3.31. The van der Waals surface area contributed by atoms with E-state index in [2.05, 4.69) is 5.32 Å². The van der Waals surface area contributed by atoms with Gasteiger partial charge in [-0.15, -0.1) is 0 Å². The fourth-order valence-corrected chi connectivity index (χ4v) is 3.07. The summed E-state index contributed by atoms with van der Waals surface area (Å²) in [6.45, 7) is 0.526. The first-order chi connectivity index (χ1) is 10.9. The van der Waals surface area contributed by atoms with Crippen LogP contribution in [0.3, 0.4) is 0 Å². The average molecular weight is 325 g/mol. The number of benzene rings is 1. The van der Waals surface area contributed by atoms with E-state index in [1.54, 1.807) is 0 Å². The molecule has 1 aromatic rings. The number of carbonyl (C=O) groups is 2. The molecule has 1 saturated carbocycles. The smallest absolute Gasteiger partial charge is 0.329 e. The predicted molar refractivity (Wildman–Crippen MR) is 75.8 cm³/mol. The first kappa shape index (κ1) is 15.9. The van der Waals surface area contributed by atoms with Crippen LogP contribution in [0.5, 0.6) is 0 Å². The van der Waals surface area contributed by atoms with Gasteiger partial charge in [-0.2, -0.15) is 0 Å². The van der Waals surface area contributed by atoms with Gasteiger partial charge in [-0.25, -0.2) is 13.6 Å². The molecule has 7 heteroatoms. The Hall–Kier alpha value is -2.02. The van der Waals surface area contributed by atoms with Crippen LogP contribution in [0.25, 0.3) is 0 Å². The molecule has 124 valence electrons. The maximum atomic E-state index is 13.8. The van der Waals surface area contributed by atoms with E-state index in [9.17, 15) is 23.5 Å². The summed E-state index contributed by atoms with van der Waals surface area (Å²) in [4.78, 5) is 23.9. The molecule has 23 heavy (non-hydrogen) atoms. The van der Waals surface area contributed by atoms with Crippen LogP contribution in [0, 0.1) is 17.6 Å². The van der Waals surface area contributed by atoms with Gasteiger partial charge in [-0.1, -0.05) is 0 Å². The van der Waals surface area contributed by atoms with E-state index in [-0.39, 0.29) is 31.6 Å². The lowest BCUT2D eigenvalue weighted by Gasteiger charge is -2.34. The zero-order chi connectivity index (χ0) is 16.6. The van der Waals surface area contributed by atoms with Gasteiger partial charge in [0.2, 0.25) is 5.91 Å². The van der Waals surface area contributed by atoms with Crippen LogP contribution in [0.1, 0.15) is 30.7 Å². The fraction of sp³-hybridized carbons (Fsp3) is 0.500. The van der Waals surface area contributed by atoms with Crippen molar-refractivity contribution in [1.29, 1.82) is 0 Å². The summed E-state index contributed by atoms with van der Waals surface area (Å²) in [5.41, 5.74) is -1.16. The van der Waals surface area contributed by atoms with Crippen LogP contribution in [-0.2, 0) is 14.3 Å². The van der Waals surface area contributed by atoms with Crippen LogP contribution in [0.2, 0.25) is 0 Å².